The summed E-state index contributed by atoms with van der Waals surface area (Å²) in [5.41, 5.74) is -5.15. The third kappa shape index (κ3) is 24.7. The second-order valence-electron chi connectivity index (χ2n) is 9.20. The van der Waals surface area contributed by atoms with Crippen LogP contribution < -0.4 is 0 Å². The van der Waals surface area contributed by atoms with E-state index in [4.69, 9.17) is 43.0 Å². The Balaban J connectivity index is 3.26. The van der Waals surface area contributed by atoms with Gasteiger partial charge in [0.05, 0.1) is 112 Å². The largest absolute Gasteiger partial charge is 0.431 e. The fraction of sp³-hybridized carbons (Fsp3) is 1.00. The Hall–Kier alpha value is -0.500. The van der Waals surface area contributed by atoms with Crippen LogP contribution in [-0.4, -0.2) is 147 Å². The third-order valence-corrected chi connectivity index (χ3v) is 6.70. The molecule has 0 aliphatic heterocycles. The summed E-state index contributed by atoms with van der Waals surface area (Å²) in [6, 6.07) is 0. The van der Waals surface area contributed by atoms with E-state index in [-0.39, 0.29) is 13.0 Å². The van der Waals surface area contributed by atoms with Gasteiger partial charge in [-0.3, -0.25) is 0 Å². The zero-order chi connectivity index (χ0) is 32.8. The second-order valence-corrected chi connectivity index (χ2v) is 10.4. The van der Waals surface area contributed by atoms with Crippen LogP contribution in [0.25, 0.3) is 0 Å². The molecule has 0 unspecified atom stereocenters. The highest BCUT2D eigenvalue weighted by Gasteiger charge is 2.71. The maximum atomic E-state index is 13.5. The number of halogens is 7. The normalized spacial score (nSPS) is 12.8. The summed E-state index contributed by atoms with van der Waals surface area (Å²) in [5.74, 6) is 1.38. The highest BCUT2D eigenvalue weighted by molar-refractivity contribution is 7.99. The summed E-state index contributed by atoms with van der Waals surface area (Å²) in [7, 11) is 0. The van der Waals surface area contributed by atoms with E-state index in [1.165, 1.54) is 0 Å². The van der Waals surface area contributed by atoms with Crippen LogP contribution in [0.2, 0.25) is 0 Å². The number of aliphatic hydroxyl groups is 1. The van der Waals surface area contributed by atoms with Crippen molar-refractivity contribution in [1.82, 2.24) is 0 Å². The monoisotopic (exact) mass is 682 g/mol. The average Bonchev–Trinajstić information content (AvgIpc) is 2.96. The number of hydrogen-bond acceptors (Lipinski definition) is 10. The van der Waals surface area contributed by atoms with Gasteiger partial charge < -0.3 is 43.0 Å². The summed E-state index contributed by atoms with van der Waals surface area (Å²) in [4.78, 5) is 0. The Kier molecular flexibility index (Phi) is 28.4. The Bertz CT molecular complexity index is 607. The number of thioether (sulfide) groups is 1. The van der Waals surface area contributed by atoms with Crippen LogP contribution >= 0.6 is 11.8 Å². The van der Waals surface area contributed by atoms with Crippen LogP contribution in [0, 0.1) is 0 Å². The third-order valence-electron chi connectivity index (χ3n) is 5.67. The first-order chi connectivity index (χ1) is 21.1. The van der Waals surface area contributed by atoms with E-state index in [1.54, 1.807) is 11.8 Å². The van der Waals surface area contributed by atoms with Gasteiger partial charge in [0.2, 0.25) is 0 Å². The Morgan fingerprint density at radius 2 is 0.705 bits per heavy atom. The Labute approximate surface area is 259 Å². The van der Waals surface area contributed by atoms with Gasteiger partial charge >= 0.3 is 12.4 Å². The molecule has 44 heavy (non-hydrogen) atoms. The van der Waals surface area contributed by atoms with E-state index in [9.17, 15) is 30.7 Å². The number of ether oxygens (including phenoxy) is 8. The van der Waals surface area contributed by atoms with Gasteiger partial charge in [-0.2, -0.15) is 38.1 Å². The van der Waals surface area contributed by atoms with Crippen molar-refractivity contribution in [3.05, 3.63) is 0 Å². The van der Waals surface area contributed by atoms with Crippen molar-refractivity contribution in [2.75, 3.05) is 124 Å². The molecule has 0 saturated heterocycles. The molecule has 0 bridgehead atoms. The van der Waals surface area contributed by atoms with E-state index in [0.29, 0.717) is 130 Å². The first-order valence-corrected chi connectivity index (χ1v) is 15.8. The second kappa shape index (κ2) is 28.7. The van der Waals surface area contributed by atoms with Crippen LogP contribution in [0.15, 0.2) is 0 Å². The molecule has 17 heteroatoms. The maximum absolute atomic E-state index is 13.5. The van der Waals surface area contributed by atoms with Crippen molar-refractivity contribution in [3.8, 4) is 0 Å². The lowest BCUT2D eigenvalue weighted by molar-refractivity contribution is -0.343. The molecule has 266 valence electrons. The zero-order valence-electron chi connectivity index (χ0n) is 25.2. The lowest BCUT2D eigenvalue weighted by Crippen LogP contribution is -2.53. The van der Waals surface area contributed by atoms with Crippen molar-refractivity contribution < 1.29 is 73.7 Å². The number of hydrogen-bond donors (Lipinski definition) is 1. The van der Waals surface area contributed by atoms with Gasteiger partial charge in [-0.05, 0) is 25.0 Å². The Morgan fingerprint density at radius 1 is 0.386 bits per heavy atom. The SMILES string of the molecule is OCCOCCOCCOCCOCCOCCOCCOCCOCCSCCCCCCC(F)(C(F)(F)F)C(F)(F)F. The molecule has 0 rings (SSSR count). The highest BCUT2D eigenvalue weighted by atomic mass is 32.2. The molecule has 0 saturated carbocycles. The molecule has 0 radical (unpaired) electrons. The van der Waals surface area contributed by atoms with E-state index in [1.807, 2.05) is 0 Å². The molecule has 0 aliphatic carbocycles. The minimum absolute atomic E-state index is 0.000341. The molecule has 0 aliphatic rings. The van der Waals surface area contributed by atoms with E-state index in [2.05, 4.69) is 0 Å². The van der Waals surface area contributed by atoms with Crippen LogP contribution in [0.4, 0.5) is 30.7 Å². The quantitative estimate of drug-likeness (QED) is 0.0781. The molecule has 0 amide bonds. The minimum Gasteiger partial charge on any atom is -0.394 e. The van der Waals surface area contributed by atoms with Gasteiger partial charge in [-0.25, -0.2) is 4.39 Å². The number of alkyl halides is 7. The fourth-order valence-electron chi connectivity index (χ4n) is 3.30. The van der Waals surface area contributed by atoms with Crippen LogP contribution in [0.3, 0.4) is 0 Å². The summed E-state index contributed by atoms with van der Waals surface area (Å²) in [5, 5.41) is 8.55. The van der Waals surface area contributed by atoms with Crippen molar-refractivity contribution in [1.29, 1.82) is 0 Å². The molecule has 0 aromatic heterocycles. The lowest BCUT2D eigenvalue weighted by Gasteiger charge is -2.29. The van der Waals surface area contributed by atoms with Gasteiger partial charge in [0, 0.05) is 5.75 Å². The summed E-state index contributed by atoms with van der Waals surface area (Å²) in [6.07, 6.45) is -12.9. The molecule has 0 atom stereocenters. The standard InChI is InChI=1S/C27H49F7O9S/c28-25(26(29,30)31,27(32,33)34)5-3-1-2-4-23-44-24-22-43-21-20-42-19-18-41-17-16-40-15-14-39-13-12-38-11-10-37-9-8-36-7-6-35/h35H,1-24H2. The van der Waals surface area contributed by atoms with E-state index in [0.717, 1.165) is 0 Å². The predicted molar refractivity (Wildman–Crippen MR) is 150 cm³/mol. The van der Waals surface area contributed by atoms with Crippen molar-refractivity contribution in [2.24, 2.45) is 0 Å². The van der Waals surface area contributed by atoms with E-state index < -0.39 is 30.9 Å². The molecule has 1 N–H and O–H groups in total. The van der Waals surface area contributed by atoms with Gasteiger partial charge in [0.1, 0.15) is 0 Å². The molecular formula is C27H49F7O9S. The molecule has 0 fully saturated rings. The summed E-state index contributed by atoms with van der Waals surface area (Å²) in [6.45, 7) is 6.98. The molecule has 0 aromatic rings. The fourth-order valence-corrected chi connectivity index (χ4v) is 4.14. The topological polar surface area (TPSA) is 94.1 Å². The number of rotatable bonds is 33. The maximum Gasteiger partial charge on any atom is 0.431 e. The van der Waals surface area contributed by atoms with Crippen LogP contribution in [0.5, 0.6) is 0 Å². The molecular weight excluding hydrogens is 633 g/mol. The number of aliphatic hydroxyl groups excluding tert-OH is 1. The van der Waals surface area contributed by atoms with Crippen molar-refractivity contribution in [2.45, 2.75) is 50.1 Å². The van der Waals surface area contributed by atoms with Gasteiger partial charge in [0.25, 0.3) is 5.67 Å². The van der Waals surface area contributed by atoms with E-state index >= 15 is 0 Å². The molecule has 0 aromatic carbocycles. The molecule has 0 heterocycles. The Morgan fingerprint density at radius 3 is 1.05 bits per heavy atom. The van der Waals surface area contributed by atoms with Gasteiger partial charge in [0.15, 0.2) is 0 Å². The first kappa shape index (κ1) is 43.5. The number of unbranched alkanes of at least 4 members (excludes halogenated alkanes) is 3. The summed E-state index contributed by atoms with van der Waals surface area (Å²) < 4.78 is 131. The van der Waals surface area contributed by atoms with Crippen LogP contribution in [0.1, 0.15) is 32.1 Å². The van der Waals surface area contributed by atoms with Crippen molar-refractivity contribution in [3.63, 3.8) is 0 Å². The predicted octanol–water partition coefficient (Wildman–Crippen LogP) is 4.63. The highest BCUT2D eigenvalue weighted by Crippen LogP contribution is 2.49. The van der Waals surface area contributed by atoms with Crippen LogP contribution in [-0.2, 0) is 37.9 Å². The average molecular weight is 683 g/mol. The minimum atomic E-state index is -5.97. The van der Waals surface area contributed by atoms with Gasteiger partial charge in [-0.1, -0.05) is 12.8 Å². The zero-order valence-corrected chi connectivity index (χ0v) is 26.1. The van der Waals surface area contributed by atoms with Crippen molar-refractivity contribution >= 4 is 11.8 Å². The first-order valence-electron chi connectivity index (χ1n) is 14.7. The van der Waals surface area contributed by atoms with Gasteiger partial charge in [-0.15, -0.1) is 0 Å². The molecule has 9 nitrogen and oxygen atoms in total. The lowest BCUT2D eigenvalue weighted by atomic mass is 9.96. The summed E-state index contributed by atoms with van der Waals surface area (Å²) >= 11 is 1.56. The smallest absolute Gasteiger partial charge is 0.394 e. The molecule has 0 spiro atoms.